The van der Waals surface area contributed by atoms with Crippen molar-refractivity contribution in [3.05, 3.63) is 70.7 Å². The Morgan fingerprint density at radius 3 is 2.82 bits per heavy atom. The average Bonchev–Trinajstić information content (AvgIpc) is 3.32. The summed E-state index contributed by atoms with van der Waals surface area (Å²) in [7, 11) is 0. The van der Waals surface area contributed by atoms with Crippen molar-refractivity contribution >= 4 is 17.5 Å². The van der Waals surface area contributed by atoms with E-state index in [1.54, 1.807) is 17.1 Å². The van der Waals surface area contributed by atoms with Crippen molar-refractivity contribution in [1.82, 2.24) is 19.7 Å². The molecule has 6 nitrogen and oxygen atoms in total. The van der Waals surface area contributed by atoms with Crippen LogP contribution < -0.4 is 0 Å². The third-order valence-corrected chi connectivity index (χ3v) is 5.28. The molecule has 1 aromatic carbocycles. The normalized spacial score (nSPS) is 17.1. The molecule has 0 spiro atoms. The maximum atomic E-state index is 12.9. The van der Waals surface area contributed by atoms with Crippen LogP contribution in [0.2, 0.25) is 5.02 Å². The fourth-order valence-corrected chi connectivity index (χ4v) is 3.76. The molecule has 0 unspecified atom stereocenters. The van der Waals surface area contributed by atoms with Gasteiger partial charge in [-0.3, -0.25) is 9.48 Å². The lowest BCUT2D eigenvalue weighted by Gasteiger charge is -2.33. The monoisotopic (exact) mass is 398 g/mol. The summed E-state index contributed by atoms with van der Waals surface area (Å²) in [6, 6.07) is 7.58. The summed E-state index contributed by atoms with van der Waals surface area (Å²) in [5.74, 6) is 1.46. The van der Waals surface area contributed by atoms with Crippen LogP contribution in [0.25, 0.3) is 0 Å². The van der Waals surface area contributed by atoms with E-state index in [9.17, 15) is 4.79 Å². The highest BCUT2D eigenvalue weighted by molar-refractivity contribution is 6.30. The van der Waals surface area contributed by atoms with Gasteiger partial charge in [0.15, 0.2) is 0 Å². The summed E-state index contributed by atoms with van der Waals surface area (Å²) in [6.45, 7) is 2.92. The second-order valence-corrected chi connectivity index (χ2v) is 7.72. The van der Waals surface area contributed by atoms with Crippen LogP contribution >= 0.6 is 11.6 Å². The molecule has 1 atom stereocenters. The highest BCUT2D eigenvalue weighted by atomic mass is 35.5. The van der Waals surface area contributed by atoms with Crippen molar-refractivity contribution in [1.29, 1.82) is 0 Å². The first kappa shape index (κ1) is 18.7. The third-order valence-electron chi connectivity index (χ3n) is 5.03. The second-order valence-electron chi connectivity index (χ2n) is 7.28. The van der Waals surface area contributed by atoms with E-state index < -0.39 is 0 Å². The molecule has 28 heavy (non-hydrogen) atoms. The molecule has 1 saturated heterocycles. The smallest absolute Gasteiger partial charge is 0.244 e. The Bertz CT molecular complexity index is 947. The molecule has 7 heteroatoms. The van der Waals surface area contributed by atoms with Gasteiger partial charge in [0, 0.05) is 24.2 Å². The summed E-state index contributed by atoms with van der Waals surface area (Å²) in [6.07, 6.45) is 8.98. The Balaban J connectivity index is 1.47. The van der Waals surface area contributed by atoms with Crippen LogP contribution in [0, 0.1) is 6.92 Å². The van der Waals surface area contributed by atoms with E-state index in [-0.39, 0.29) is 18.5 Å². The van der Waals surface area contributed by atoms with Crippen LogP contribution in [-0.2, 0) is 17.8 Å². The first-order valence-electron chi connectivity index (χ1n) is 9.56. The summed E-state index contributed by atoms with van der Waals surface area (Å²) in [5, 5.41) is 4.94. The molecule has 1 aliphatic rings. The van der Waals surface area contributed by atoms with E-state index >= 15 is 0 Å². The highest BCUT2D eigenvalue weighted by Gasteiger charge is 2.31. The van der Waals surface area contributed by atoms with Gasteiger partial charge in [0.25, 0.3) is 0 Å². The van der Waals surface area contributed by atoms with Gasteiger partial charge in [-0.15, -0.1) is 0 Å². The third kappa shape index (κ3) is 4.28. The molecule has 0 saturated carbocycles. The predicted molar refractivity (Wildman–Crippen MR) is 106 cm³/mol. The van der Waals surface area contributed by atoms with Gasteiger partial charge in [-0.2, -0.15) is 5.10 Å². The highest BCUT2D eigenvalue weighted by Crippen LogP contribution is 2.31. The van der Waals surface area contributed by atoms with E-state index in [1.165, 1.54) is 0 Å². The SMILES string of the molecule is Cc1cnn(CC(=O)N2CCCC[C@@H]2c2ncc(Cc3ccc(Cl)cc3)o2)c1. The molecule has 3 heterocycles. The quantitative estimate of drug-likeness (QED) is 0.646. The number of benzene rings is 1. The van der Waals surface area contributed by atoms with Gasteiger partial charge in [0.05, 0.1) is 12.4 Å². The number of aryl methyl sites for hydroxylation is 1. The molecular weight excluding hydrogens is 376 g/mol. The van der Waals surface area contributed by atoms with Crippen molar-refractivity contribution < 1.29 is 9.21 Å². The fraction of sp³-hybridized carbons (Fsp3) is 0.381. The van der Waals surface area contributed by atoms with Crippen molar-refractivity contribution in [2.24, 2.45) is 0 Å². The topological polar surface area (TPSA) is 64.2 Å². The number of rotatable bonds is 5. The van der Waals surface area contributed by atoms with E-state index in [0.29, 0.717) is 17.3 Å². The van der Waals surface area contributed by atoms with Crippen LogP contribution in [0.1, 0.15) is 48.1 Å². The molecule has 1 amide bonds. The molecule has 3 aromatic rings. The molecule has 1 fully saturated rings. The summed E-state index contributed by atoms with van der Waals surface area (Å²) < 4.78 is 7.72. The fourth-order valence-electron chi connectivity index (χ4n) is 3.63. The van der Waals surface area contributed by atoms with Crippen LogP contribution in [0.15, 0.2) is 47.3 Å². The van der Waals surface area contributed by atoms with Gasteiger partial charge < -0.3 is 9.32 Å². The maximum Gasteiger partial charge on any atom is 0.244 e. The zero-order valence-electron chi connectivity index (χ0n) is 15.8. The van der Waals surface area contributed by atoms with Crippen LogP contribution in [0.4, 0.5) is 0 Å². The lowest BCUT2D eigenvalue weighted by atomic mass is 10.0. The van der Waals surface area contributed by atoms with Crippen molar-refractivity contribution in [2.75, 3.05) is 6.54 Å². The number of carbonyl (C=O) groups is 1. The van der Waals surface area contributed by atoms with E-state index in [0.717, 1.165) is 42.7 Å². The van der Waals surface area contributed by atoms with Gasteiger partial charge in [-0.05, 0) is 49.4 Å². The van der Waals surface area contributed by atoms with E-state index in [4.69, 9.17) is 16.0 Å². The number of aromatic nitrogens is 3. The van der Waals surface area contributed by atoms with E-state index in [2.05, 4.69) is 10.1 Å². The molecule has 2 aromatic heterocycles. The molecule has 0 bridgehead atoms. The number of nitrogens with zero attached hydrogens (tertiary/aromatic N) is 4. The first-order valence-corrected chi connectivity index (χ1v) is 9.94. The number of carbonyl (C=O) groups excluding carboxylic acids is 1. The Morgan fingerprint density at radius 2 is 2.07 bits per heavy atom. The largest absolute Gasteiger partial charge is 0.443 e. The molecule has 146 valence electrons. The maximum absolute atomic E-state index is 12.9. The Morgan fingerprint density at radius 1 is 1.25 bits per heavy atom. The minimum Gasteiger partial charge on any atom is -0.443 e. The zero-order chi connectivity index (χ0) is 19.5. The number of piperidine rings is 1. The summed E-state index contributed by atoms with van der Waals surface area (Å²) in [5.41, 5.74) is 2.15. The Kier molecular flexibility index (Phi) is 5.48. The number of amides is 1. The second kappa shape index (κ2) is 8.19. The molecule has 0 aliphatic carbocycles. The van der Waals surface area contributed by atoms with Crippen molar-refractivity contribution in [3.63, 3.8) is 0 Å². The van der Waals surface area contributed by atoms with Gasteiger partial charge in [-0.1, -0.05) is 23.7 Å². The standard InChI is InChI=1S/C21H23ClN4O2/c1-15-11-24-25(13-15)14-20(27)26-9-3-2-4-19(26)21-23-12-18(28-21)10-16-5-7-17(22)8-6-16/h5-8,11-13,19H,2-4,9-10,14H2,1H3/t19-/m1/s1. The predicted octanol–water partition coefficient (Wildman–Crippen LogP) is 4.18. The van der Waals surface area contributed by atoms with E-state index in [1.807, 2.05) is 42.3 Å². The number of hydrogen-bond donors (Lipinski definition) is 0. The number of oxazole rings is 1. The number of likely N-dealkylation sites (tertiary alicyclic amines) is 1. The summed E-state index contributed by atoms with van der Waals surface area (Å²) in [4.78, 5) is 19.2. The molecule has 0 radical (unpaired) electrons. The molecule has 0 N–H and O–H groups in total. The Labute approximate surface area is 169 Å². The lowest BCUT2D eigenvalue weighted by molar-refractivity contribution is -0.136. The first-order chi connectivity index (χ1) is 13.6. The van der Waals surface area contributed by atoms with Gasteiger partial charge >= 0.3 is 0 Å². The van der Waals surface area contributed by atoms with Crippen molar-refractivity contribution in [3.8, 4) is 0 Å². The van der Waals surface area contributed by atoms with Gasteiger partial charge in [0.2, 0.25) is 11.8 Å². The van der Waals surface area contributed by atoms with Crippen LogP contribution in [0.3, 0.4) is 0 Å². The summed E-state index contributed by atoms with van der Waals surface area (Å²) >= 11 is 5.95. The average molecular weight is 399 g/mol. The molecular formula is C21H23ClN4O2. The van der Waals surface area contributed by atoms with Gasteiger partial charge in [0.1, 0.15) is 18.3 Å². The minimum absolute atomic E-state index is 0.0465. The Hall–Kier alpha value is -2.60. The number of hydrogen-bond acceptors (Lipinski definition) is 4. The molecule has 4 rings (SSSR count). The van der Waals surface area contributed by atoms with Crippen LogP contribution in [-0.4, -0.2) is 32.1 Å². The minimum atomic E-state index is -0.114. The molecule has 1 aliphatic heterocycles. The zero-order valence-corrected chi connectivity index (χ0v) is 16.6. The van der Waals surface area contributed by atoms with Crippen LogP contribution in [0.5, 0.6) is 0 Å². The lowest BCUT2D eigenvalue weighted by Crippen LogP contribution is -2.40. The van der Waals surface area contributed by atoms with Gasteiger partial charge in [-0.25, -0.2) is 4.98 Å². The van der Waals surface area contributed by atoms with Crippen molar-refractivity contribution in [2.45, 2.75) is 45.2 Å². The number of halogens is 1.